The quantitative estimate of drug-likeness (QED) is 0.0844. The zero-order chi connectivity index (χ0) is 70.8. The van der Waals surface area contributed by atoms with Crippen LogP contribution < -0.4 is 0 Å². The van der Waals surface area contributed by atoms with Crippen molar-refractivity contribution in [1.29, 1.82) is 0 Å². The van der Waals surface area contributed by atoms with Gasteiger partial charge in [0.05, 0.1) is 33.6 Å². The van der Waals surface area contributed by atoms with Crippen LogP contribution in [0.15, 0.2) is 326 Å². The Morgan fingerprint density at radius 3 is 1.47 bits per heavy atom. The molecular formula is C86H60Br2Cl2N2O9S. The molecule has 0 aliphatic heterocycles. The third kappa shape index (κ3) is 16.0. The van der Waals surface area contributed by atoms with Crippen LogP contribution in [0.4, 0.5) is 0 Å². The molecule has 18 aromatic rings. The van der Waals surface area contributed by atoms with Gasteiger partial charge in [0.1, 0.15) is 68.5 Å². The zero-order valence-corrected chi connectivity index (χ0v) is 59.6. The maximum absolute atomic E-state index is 9.92. The molecule has 0 amide bonds. The number of pyridine rings is 1. The average molecular weight is 1530 g/mol. The minimum atomic E-state index is 0.129. The molecule has 0 saturated carbocycles. The van der Waals surface area contributed by atoms with Gasteiger partial charge in [-0.3, -0.25) is 0 Å². The first-order chi connectivity index (χ1) is 49.6. The second-order valence-electron chi connectivity index (χ2n) is 23.3. The Morgan fingerprint density at radius 1 is 0.353 bits per heavy atom. The summed E-state index contributed by atoms with van der Waals surface area (Å²) in [6, 6.07) is 94.4. The number of phenolic OH excluding ortho intramolecular Hbond substituents is 6. The van der Waals surface area contributed by atoms with E-state index in [9.17, 15) is 30.6 Å². The number of thiophene rings is 1. The minimum Gasteiger partial charge on any atom is -0.507 e. The van der Waals surface area contributed by atoms with Crippen molar-refractivity contribution in [3.8, 4) is 101 Å². The highest BCUT2D eigenvalue weighted by Gasteiger charge is 2.16. The molecule has 0 unspecified atom stereocenters. The van der Waals surface area contributed by atoms with Crippen LogP contribution in [0.5, 0.6) is 34.5 Å². The Morgan fingerprint density at radius 2 is 0.814 bits per heavy atom. The largest absolute Gasteiger partial charge is 0.507 e. The number of aromatic hydroxyl groups is 6. The molecule has 0 spiro atoms. The van der Waals surface area contributed by atoms with Gasteiger partial charge in [0.2, 0.25) is 0 Å². The molecule has 0 aliphatic rings. The smallest absolute Gasteiger partial charge is 0.139 e. The summed E-state index contributed by atoms with van der Waals surface area (Å²) in [7, 11) is 0. The van der Waals surface area contributed by atoms with Crippen molar-refractivity contribution in [2.24, 2.45) is 0 Å². The first kappa shape index (κ1) is 69.0. The van der Waals surface area contributed by atoms with E-state index in [1.165, 1.54) is 21.7 Å². The fraction of sp³-hybridized carbons (Fsp3) is 0.0116. The molecule has 12 aromatic carbocycles. The van der Waals surface area contributed by atoms with E-state index in [4.69, 9.17) is 36.5 Å². The van der Waals surface area contributed by atoms with Crippen molar-refractivity contribution in [2.75, 3.05) is 0 Å². The van der Waals surface area contributed by atoms with Gasteiger partial charge in [-0.15, -0.1) is 11.3 Å². The number of fused-ring (bicyclic) bond motifs is 6. The molecule has 7 N–H and O–H groups in total. The third-order valence-electron chi connectivity index (χ3n) is 16.5. The number of nitrogens with zero attached hydrogens (tertiary/aromatic N) is 1. The number of rotatable bonds is 6. The van der Waals surface area contributed by atoms with Gasteiger partial charge in [0, 0.05) is 77.7 Å². The number of aromatic nitrogens is 2. The number of furan rings is 3. The van der Waals surface area contributed by atoms with E-state index >= 15 is 0 Å². The first-order valence-electron chi connectivity index (χ1n) is 32.0. The number of hydrogen-bond acceptors (Lipinski definition) is 11. The highest BCUT2D eigenvalue weighted by molar-refractivity contribution is 9.10. The molecule has 0 fully saturated rings. The van der Waals surface area contributed by atoms with E-state index in [0.717, 1.165) is 96.6 Å². The molecular weight excluding hydrogens is 1470 g/mol. The fourth-order valence-corrected chi connectivity index (χ4v) is 13.8. The molecule has 502 valence electrons. The summed E-state index contributed by atoms with van der Waals surface area (Å²) < 4.78 is 20.3. The van der Waals surface area contributed by atoms with Crippen molar-refractivity contribution in [3.63, 3.8) is 0 Å². The van der Waals surface area contributed by atoms with E-state index < -0.39 is 0 Å². The molecule has 102 heavy (non-hydrogen) atoms. The van der Waals surface area contributed by atoms with Crippen molar-refractivity contribution < 1.29 is 43.9 Å². The van der Waals surface area contributed by atoms with Crippen molar-refractivity contribution >= 4 is 131 Å². The first-order valence-corrected chi connectivity index (χ1v) is 35.1. The standard InChI is InChI=1S/C15H11NO.C15H12OS.C14H8Br2O2.C14H8Cl2O2.C14H11NO.C14H10O2/c17-15-8-4-2-6-12(15)14-10-9-11-5-1-3-7-13(11)16-14;1-10-11-6-3-5-9-14(11)17-15(10)12-7-2-4-8-13(12)16;2*15-9-2-4-13-8(5-9)6-14(18-13)11-7-10(16)1-3-12(11)17;16-14-8-4-2-6-11(14)13-9-10-5-1-3-7-12(10)15-13;15-12-7-3-2-6-11(12)14-9-10-5-1-4-8-13(10)16-14/h1-10,17H;2-9,16H,1H3;2*1-7,17H;1-9,15-16H;1-9,15H. The summed E-state index contributed by atoms with van der Waals surface area (Å²) in [6.07, 6.45) is 0. The molecule has 6 aromatic heterocycles. The minimum absolute atomic E-state index is 0.129. The highest BCUT2D eigenvalue weighted by Crippen LogP contribution is 2.43. The van der Waals surface area contributed by atoms with E-state index in [0.29, 0.717) is 55.5 Å². The normalized spacial score (nSPS) is 10.8. The molecule has 0 bridgehead atoms. The maximum Gasteiger partial charge on any atom is 0.139 e. The summed E-state index contributed by atoms with van der Waals surface area (Å²) in [5, 5.41) is 66.6. The van der Waals surface area contributed by atoms with Crippen molar-refractivity contribution in [2.45, 2.75) is 6.92 Å². The van der Waals surface area contributed by atoms with E-state index in [1.54, 1.807) is 84.1 Å². The van der Waals surface area contributed by atoms with Crippen LogP contribution in [0, 0.1) is 6.92 Å². The molecule has 0 radical (unpaired) electrons. The van der Waals surface area contributed by atoms with Gasteiger partial charge in [-0.2, -0.15) is 0 Å². The molecule has 0 atom stereocenters. The van der Waals surface area contributed by atoms with Gasteiger partial charge in [-0.1, -0.05) is 182 Å². The molecule has 18 rings (SSSR count). The number of benzene rings is 12. The van der Waals surface area contributed by atoms with Crippen LogP contribution in [0.2, 0.25) is 10.0 Å². The average Bonchev–Trinajstić information content (AvgIpc) is 1.62. The summed E-state index contributed by atoms with van der Waals surface area (Å²) in [6.45, 7) is 2.11. The lowest BCUT2D eigenvalue weighted by atomic mass is 10.1. The summed E-state index contributed by atoms with van der Waals surface area (Å²) in [5.74, 6) is 3.39. The molecule has 6 heterocycles. The number of hydrogen-bond donors (Lipinski definition) is 7. The predicted octanol–water partition coefficient (Wildman–Crippen LogP) is 26.0. The Bertz CT molecular complexity index is 5690. The zero-order valence-electron chi connectivity index (χ0n) is 54.1. The Labute approximate surface area is 616 Å². The lowest BCUT2D eigenvalue weighted by Gasteiger charge is -2.04. The number of phenols is 6. The maximum atomic E-state index is 9.92. The van der Waals surface area contributed by atoms with E-state index in [2.05, 4.69) is 73.0 Å². The predicted molar refractivity (Wildman–Crippen MR) is 423 cm³/mol. The number of aryl methyl sites for hydroxylation is 1. The lowest BCUT2D eigenvalue weighted by molar-refractivity contribution is 0.474. The van der Waals surface area contributed by atoms with Gasteiger partial charge >= 0.3 is 0 Å². The van der Waals surface area contributed by atoms with Gasteiger partial charge < -0.3 is 48.9 Å². The molecule has 16 heteroatoms. The van der Waals surface area contributed by atoms with Crippen molar-refractivity contribution in [1.82, 2.24) is 9.97 Å². The van der Waals surface area contributed by atoms with Gasteiger partial charge in [-0.05, 0) is 194 Å². The lowest BCUT2D eigenvalue weighted by Crippen LogP contribution is -1.85. The van der Waals surface area contributed by atoms with E-state index in [1.807, 2.05) is 200 Å². The highest BCUT2D eigenvalue weighted by atomic mass is 79.9. The van der Waals surface area contributed by atoms with Crippen LogP contribution in [0.1, 0.15) is 5.56 Å². The van der Waals surface area contributed by atoms with Gasteiger partial charge in [0.15, 0.2) is 0 Å². The fourth-order valence-electron chi connectivity index (χ4n) is 11.4. The third-order valence-corrected chi connectivity index (χ3v) is 19.3. The number of para-hydroxylation sites is 7. The summed E-state index contributed by atoms with van der Waals surface area (Å²) >= 11 is 20.4. The van der Waals surface area contributed by atoms with Gasteiger partial charge in [0.25, 0.3) is 0 Å². The second-order valence-corrected chi connectivity index (χ2v) is 27.1. The van der Waals surface area contributed by atoms with Gasteiger partial charge in [-0.25, -0.2) is 4.98 Å². The number of nitrogens with one attached hydrogen (secondary N) is 1. The van der Waals surface area contributed by atoms with Crippen LogP contribution >= 0.6 is 66.4 Å². The summed E-state index contributed by atoms with van der Waals surface area (Å²) in [4.78, 5) is 9.00. The monoisotopic (exact) mass is 1520 g/mol. The summed E-state index contributed by atoms with van der Waals surface area (Å²) in [5.41, 5.74) is 11.8. The van der Waals surface area contributed by atoms with Crippen LogP contribution in [0.25, 0.3) is 132 Å². The van der Waals surface area contributed by atoms with Crippen LogP contribution in [-0.2, 0) is 0 Å². The van der Waals surface area contributed by atoms with Crippen LogP contribution in [0.3, 0.4) is 0 Å². The topological polar surface area (TPSA) is 189 Å². The SMILES string of the molecule is Cc1c(-c2ccccc2O)sc2ccccc12.Oc1ccc(Br)cc1-c1cc2cc(Br)ccc2o1.Oc1ccc(Cl)cc1-c1cc2cc(Cl)ccc2o1.Oc1ccccc1-c1cc2ccccc2[nH]1.Oc1ccccc1-c1cc2ccccc2o1.Oc1ccccc1-c1ccc2ccccc2n1. The van der Waals surface area contributed by atoms with Crippen LogP contribution in [-0.4, -0.2) is 40.6 Å². The number of aromatic amines is 1. The number of H-pyrrole nitrogens is 1. The second kappa shape index (κ2) is 31.4. The Kier molecular flexibility index (Phi) is 21.2. The number of halogens is 4. The molecule has 0 aliphatic carbocycles. The van der Waals surface area contributed by atoms with E-state index in [-0.39, 0.29) is 23.0 Å². The Hall–Kier alpha value is -11.5. The Balaban J connectivity index is 0.000000109. The van der Waals surface area contributed by atoms with Crippen molar-refractivity contribution in [3.05, 3.63) is 328 Å². The molecule has 11 nitrogen and oxygen atoms in total. The molecule has 0 saturated heterocycles.